The first-order chi connectivity index (χ1) is 8.67. The molecule has 0 saturated heterocycles. The number of hydrogen-bond donors (Lipinski definition) is 2. The highest BCUT2D eigenvalue weighted by atomic mass is 15.2. The Labute approximate surface area is 110 Å². The van der Waals surface area contributed by atoms with Gasteiger partial charge in [0, 0.05) is 32.2 Å². The predicted octanol–water partition coefficient (Wildman–Crippen LogP) is 1.86. The van der Waals surface area contributed by atoms with E-state index in [-0.39, 0.29) is 6.04 Å². The molecule has 18 heavy (non-hydrogen) atoms. The summed E-state index contributed by atoms with van der Waals surface area (Å²) in [5.41, 5.74) is 5.58. The molecule has 1 atom stereocenters. The molecule has 5 nitrogen and oxygen atoms in total. The van der Waals surface area contributed by atoms with E-state index in [4.69, 9.17) is 5.73 Å². The predicted molar refractivity (Wildman–Crippen MR) is 77.0 cm³/mol. The highest BCUT2D eigenvalue weighted by Crippen LogP contribution is 2.14. The minimum Gasteiger partial charge on any atom is -0.366 e. The normalized spacial score (nSPS) is 12.2. The molecular formula is C13H25N5. The van der Waals surface area contributed by atoms with Crippen LogP contribution in [0, 0.1) is 0 Å². The first-order valence-corrected chi connectivity index (χ1v) is 6.67. The van der Waals surface area contributed by atoms with Crippen molar-refractivity contribution < 1.29 is 0 Å². The summed E-state index contributed by atoms with van der Waals surface area (Å²) >= 11 is 0. The van der Waals surface area contributed by atoms with Crippen molar-refractivity contribution in [3.63, 3.8) is 0 Å². The van der Waals surface area contributed by atoms with Crippen LogP contribution in [0.25, 0.3) is 0 Å². The Hall–Kier alpha value is -1.36. The highest BCUT2D eigenvalue weighted by Gasteiger charge is 2.05. The Morgan fingerprint density at radius 1 is 1.39 bits per heavy atom. The molecule has 1 aromatic rings. The van der Waals surface area contributed by atoms with E-state index in [0.29, 0.717) is 6.54 Å². The molecule has 1 aromatic heterocycles. The van der Waals surface area contributed by atoms with Crippen LogP contribution < -0.4 is 16.0 Å². The van der Waals surface area contributed by atoms with E-state index < -0.39 is 0 Å². The van der Waals surface area contributed by atoms with Gasteiger partial charge in [-0.3, -0.25) is 0 Å². The van der Waals surface area contributed by atoms with E-state index in [1.54, 1.807) is 6.33 Å². The molecule has 0 aliphatic rings. The molecule has 1 heterocycles. The van der Waals surface area contributed by atoms with E-state index in [2.05, 4.69) is 34.2 Å². The molecule has 0 aromatic carbocycles. The fourth-order valence-corrected chi connectivity index (χ4v) is 1.66. The SMILES string of the molecule is CCCCCN(C)c1cc(NC(C)CN)ncn1. The van der Waals surface area contributed by atoms with Crippen LogP contribution >= 0.6 is 0 Å². The first-order valence-electron chi connectivity index (χ1n) is 6.67. The van der Waals surface area contributed by atoms with Crippen LogP contribution in [-0.2, 0) is 0 Å². The van der Waals surface area contributed by atoms with Gasteiger partial charge in [0.25, 0.3) is 0 Å². The van der Waals surface area contributed by atoms with E-state index in [1.807, 2.05) is 13.0 Å². The Balaban J connectivity index is 2.57. The molecule has 3 N–H and O–H groups in total. The largest absolute Gasteiger partial charge is 0.366 e. The monoisotopic (exact) mass is 251 g/mol. The number of nitrogens with two attached hydrogens (primary N) is 1. The highest BCUT2D eigenvalue weighted by molar-refractivity contribution is 5.48. The molecule has 0 spiro atoms. The number of nitrogens with one attached hydrogen (secondary N) is 1. The fraction of sp³-hybridized carbons (Fsp3) is 0.692. The van der Waals surface area contributed by atoms with Crippen LogP contribution in [0.5, 0.6) is 0 Å². The maximum atomic E-state index is 5.58. The minimum atomic E-state index is 0.221. The van der Waals surface area contributed by atoms with E-state index in [9.17, 15) is 0 Å². The Kier molecular flexibility index (Phi) is 6.43. The Morgan fingerprint density at radius 3 is 2.83 bits per heavy atom. The lowest BCUT2D eigenvalue weighted by Gasteiger charge is -2.19. The molecule has 0 amide bonds. The van der Waals surface area contributed by atoms with Gasteiger partial charge < -0.3 is 16.0 Å². The van der Waals surface area contributed by atoms with E-state index >= 15 is 0 Å². The van der Waals surface area contributed by atoms with E-state index in [0.717, 1.165) is 18.2 Å². The van der Waals surface area contributed by atoms with Crippen molar-refractivity contribution in [2.75, 3.05) is 30.4 Å². The molecule has 1 rings (SSSR count). The van der Waals surface area contributed by atoms with Gasteiger partial charge in [0.2, 0.25) is 0 Å². The van der Waals surface area contributed by atoms with Gasteiger partial charge in [-0.25, -0.2) is 9.97 Å². The minimum absolute atomic E-state index is 0.221. The van der Waals surface area contributed by atoms with Crippen LogP contribution in [0.1, 0.15) is 33.1 Å². The molecular weight excluding hydrogens is 226 g/mol. The van der Waals surface area contributed by atoms with Crippen molar-refractivity contribution in [3.05, 3.63) is 12.4 Å². The molecule has 1 unspecified atom stereocenters. The second-order valence-electron chi connectivity index (χ2n) is 4.67. The molecule has 0 aliphatic carbocycles. The topological polar surface area (TPSA) is 67.1 Å². The van der Waals surface area contributed by atoms with Gasteiger partial charge in [-0.2, -0.15) is 0 Å². The third kappa shape index (κ3) is 4.87. The van der Waals surface area contributed by atoms with Crippen LogP contribution in [0.2, 0.25) is 0 Å². The van der Waals surface area contributed by atoms with Crippen molar-refractivity contribution in [2.45, 2.75) is 39.2 Å². The second kappa shape index (κ2) is 7.87. The molecule has 5 heteroatoms. The molecule has 102 valence electrons. The summed E-state index contributed by atoms with van der Waals surface area (Å²) in [5, 5.41) is 3.25. The first kappa shape index (κ1) is 14.7. The third-order valence-electron chi connectivity index (χ3n) is 2.89. The van der Waals surface area contributed by atoms with Gasteiger partial charge in [-0.1, -0.05) is 19.8 Å². The van der Waals surface area contributed by atoms with Gasteiger partial charge in [-0.15, -0.1) is 0 Å². The number of unbranched alkanes of at least 4 members (excludes halogenated alkanes) is 2. The van der Waals surface area contributed by atoms with E-state index in [1.165, 1.54) is 19.3 Å². The maximum absolute atomic E-state index is 5.58. The summed E-state index contributed by atoms with van der Waals surface area (Å²) in [4.78, 5) is 10.7. The van der Waals surface area contributed by atoms with Crippen LogP contribution in [-0.4, -0.2) is 36.1 Å². The van der Waals surface area contributed by atoms with Crippen molar-refractivity contribution in [2.24, 2.45) is 5.73 Å². The average Bonchev–Trinajstić information content (AvgIpc) is 2.39. The summed E-state index contributed by atoms with van der Waals surface area (Å²) < 4.78 is 0. The zero-order valence-electron chi connectivity index (χ0n) is 11.7. The quantitative estimate of drug-likeness (QED) is 0.690. The fourth-order valence-electron chi connectivity index (χ4n) is 1.66. The van der Waals surface area contributed by atoms with Crippen molar-refractivity contribution in [1.82, 2.24) is 9.97 Å². The summed E-state index contributed by atoms with van der Waals surface area (Å²) in [6.07, 6.45) is 5.28. The molecule has 0 fully saturated rings. The van der Waals surface area contributed by atoms with Crippen molar-refractivity contribution in [1.29, 1.82) is 0 Å². The molecule has 0 saturated carbocycles. The number of nitrogens with zero attached hydrogens (tertiary/aromatic N) is 3. The average molecular weight is 251 g/mol. The standard InChI is InChI=1S/C13H25N5/c1-4-5-6-7-18(3)13-8-12(15-10-16-13)17-11(2)9-14/h8,10-11H,4-7,9,14H2,1-3H3,(H,15,16,17). The van der Waals surface area contributed by atoms with Gasteiger partial charge in [-0.05, 0) is 13.3 Å². The van der Waals surface area contributed by atoms with Gasteiger partial charge >= 0.3 is 0 Å². The number of anilines is 2. The van der Waals surface area contributed by atoms with Gasteiger partial charge in [0.05, 0.1) is 0 Å². The van der Waals surface area contributed by atoms with Gasteiger partial charge in [0.1, 0.15) is 18.0 Å². The smallest absolute Gasteiger partial charge is 0.133 e. The van der Waals surface area contributed by atoms with Crippen LogP contribution in [0.15, 0.2) is 12.4 Å². The lowest BCUT2D eigenvalue weighted by atomic mass is 10.2. The van der Waals surface area contributed by atoms with Crippen molar-refractivity contribution in [3.8, 4) is 0 Å². The number of hydrogen-bond acceptors (Lipinski definition) is 5. The van der Waals surface area contributed by atoms with Crippen LogP contribution in [0.4, 0.5) is 11.6 Å². The summed E-state index contributed by atoms with van der Waals surface area (Å²) in [5.74, 6) is 1.79. The molecule has 0 radical (unpaired) electrons. The number of aromatic nitrogens is 2. The third-order valence-corrected chi connectivity index (χ3v) is 2.89. The lowest BCUT2D eigenvalue weighted by Crippen LogP contribution is -2.26. The molecule has 0 bridgehead atoms. The zero-order valence-corrected chi connectivity index (χ0v) is 11.7. The Bertz CT molecular complexity index is 342. The number of rotatable bonds is 8. The van der Waals surface area contributed by atoms with Gasteiger partial charge in [0.15, 0.2) is 0 Å². The Morgan fingerprint density at radius 2 is 2.17 bits per heavy atom. The lowest BCUT2D eigenvalue weighted by molar-refractivity contribution is 0.700. The second-order valence-corrected chi connectivity index (χ2v) is 4.67. The summed E-state index contributed by atoms with van der Waals surface area (Å²) in [6, 6.07) is 2.19. The summed E-state index contributed by atoms with van der Waals surface area (Å²) in [7, 11) is 2.06. The summed E-state index contributed by atoms with van der Waals surface area (Å²) in [6.45, 7) is 5.86. The molecule has 0 aliphatic heterocycles. The van der Waals surface area contributed by atoms with Crippen LogP contribution in [0.3, 0.4) is 0 Å². The maximum Gasteiger partial charge on any atom is 0.133 e. The zero-order chi connectivity index (χ0) is 13.4. The van der Waals surface area contributed by atoms with Crippen molar-refractivity contribution >= 4 is 11.6 Å².